The first-order valence-corrected chi connectivity index (χ1v) is 9.26. The highest BCUT2D eigenvalue weighted by Crippen LogP contribution is 2.13. The summed E-state index contributed by atoms with van der Waals surface area (Å²) in [5.74, 6) is 0. The maximum absolute atomic E-state index is 10.0. The van der Waals surface area contributed by atoms with Gasteiger partial charge in [-0.1, -0.05) is 103 Å². The van der Waals surface area contributed by atoms with Crippen molar-refractivity contribution in [3.63, 3.8) is 0 Å². The van der Waals surface area contributed by atoms with Crippen LogP contribution in [0.3, 0.4) is 0 Å². The molecule has 0 fully saturated rings. The van der Waals surface area contributed by atoms with E-state index in [1.807, 2.05) is 6.29 Å². The summed E-state index contributed by atoms with van der Waals surface area (Å²) in [6.45, 7) is 2.28. The minimum absolute atomic E-state index is 0.637. The van der Waals surface area contributed by atoms with Crippen molar-refractivity contribution in [3.05, 3.63) is 0 Å². The highest BCUT2D eigenvalue weighted by atomic mass is 16.1. The summed E-state index contributed by atoms with van der Waals surface area (Å²) in [4.78, 5) is 10.0. The Labute approximate surface area is 127 Å². The molecule has 0 aromatic carbocycles. The molecular formula is C19H37O. The molecule has 0 aromatic rings. The molecule has 0 saturated heterocycles. The van der Waals surface area contributed by atoms with Crippen LogP contribution in [0, 0.1) is 0 Å². The zero-order valence-electron chi connectivity index (χ0n) is 13.9. The van der Waals surface area contributed by atoms with Crippen LogP contribution in [0.5, 0.6) is 0 Å². The van der Waals surface area contributed by atoms with E-state index < -0.39 is 0 Å². The first-order chi connectivity index (χ1) is 9.91. The van der Waals surface area contributed by atoms with E-state index in [4.69, 9.17) is 0 Å². The molecule has 0 atom stereocenters. The van der Waals surface area contributed by atoms with Gasteiger partial charge in [0.05, 0.1) is 0 Å². The fraction of sp³-hybridized carbons (Fsp3) is 0.947. The third-order valence-electron chi connectivity index (χ3n) is 4.13. The van der Waals surface area contributed by atoms with Gasteiger partial charge in [-0.15, -0.1) is 0 Å². The van der Waals surface area contributed by atoms with Gasteiger partial charge in [-0.25, -0.2) is 0 Å². The van der Waals surface area contributed by atoms with E-state index in [1.54, 1.807) is 0 Å². The summed E-state index contributed by atoms with van der Waals surface area (Å²) in [5.41, 5.74) is 0. The summed E-state index contributed by atoms with van der Waals surface area (Å²) in [5, 5.41) is 0. The largest absolute Gasteiger partial charge is 0.291 e. The first-order valence-electron chi connectivity index (χ1n) is 9.26. The molecule has 0 unspecified atom stereocenters. The summed E-state index contributed by atoms with van der Waals surface area (Å²) >= 11 is 0. The summed E-state index contributed by atoms with van der Waals surface area (Å²) < 4.78 is 0. The van der Waals surface area contributed by atoms with E-state index in [0.717, 1.165) is 6.42 Å². The van der Waals surface area contributed by atoms with E-state index in [1.165, 1.54) is 96.3 Å². The summed E-state index contributed by atoms with van der Waals surface area (Å²) in [6.07, 6.45) is 24.7. The summed E-state index contributed by atoms with van der Waals surface area (Å²) in [7, 11) is 0. The molecular weight excluding hydrogens is 244 g/mol. The molecule has 0 aliphatic heterocycles. The molecule has 0 spiro atoms. The molecule has 20 heavy (non-hydrogen) atoms. The van der Waals surface area contributed by atoms with Crippen molar-refractivity contribution in [2.45, 2.75) is 116 Å². The van der Waals surface area contributed by atoms with E-state index in [2.05, 4.69) is 6.92 Å². The lowest BCUT2D eigenvalue weighted by molar-refractivity contribution is 0.525. The number of hydrogen-bond acceptors (Lipinski definition) is 1. The van der Waals surface area contributed by atoms with Crippen LogP contribution in [0.4, 0.5) is 0 Å². The van der Waals surface area contributed by atoms with Crippen molar-refractivity contribution in [3.8, 4) is 0 Å². The van der Waals surface area contributed by atoms with Crippen LogP contribution in [0.1, 0.15) is 116 Å². The van der Waals surface area contributed by atoms with Crippen LogP contribution in [0.15, 0.2) is 0 Å². The van der Waals surface area contributed by atoms with Gasteiger partial charge in [0.2, 0.25) is 0 Å². The molecule has 119 valence electrons. The lowest BCUT2D eigenvalue weighted by Gasteiger charge is -2.03. The van der Waals surface area contributed by atoms with Gasteiger partial charge in [0.1, 0.15) is 0 Å². The monoisotopic (exact) mass is 281 g/mol. The Morgan fingerprint density at radius 1 is 0.500 bits per heavy atom. The van der Waals surface area contributed by atoms with Gasteiger partial charge < -0.3 is 0 Å². The molecule has 0 amide bonds. The Bertz CT molecular complexity index is 177. The average Bonchev–Trinajstić information content (AvgIpc) is 2.47. The second-order valence-corrected chi connectivity index (χ2v) is 6.20. The highest BCUT2D eigenvalue weighted by molar-refractivity contribution is 5.50. The average molecular weight is 282 g/mol. The van der Waals surface area contributed by atoms with Crippen LogP contribution >= 0.6 is 0 Å². The van der Waals surface area contributed by atoms with Crippen LogP contribution in [-0.2, 0) is 4.79 Å². The zero-order valence-corrected chi connectivity index (χ0v) is 13.9. The van der Waals surface area contributed by atoms with Crippen LogP contribution in [0.25, 0.3) is 0 Å². The third-order valence-corrected chi connectivity index (χ3v) is 4.13. The molecule has 1 radical (unpaired) electrons. The fourth-order valence-electron chi connectivity index (χ4n) is 2.75. The number of carbonyl (C=O) groups excluding carboxylic acids is 1. The van der Waals surface area contributed by atoms with E-state index >= 15 is 0 Å². The number of hydrogen-bond donors (Lipinski definition) is 0. The minimum Gasteiger partial charge on any atom is -0.291 e. The van der Waals surface area contributed by atoms with Gasteiger partial charge in [-0.3, -0.25) is 4.79 Å². The van der Waals surface area contributed by atoms with Gasteiger partial charge in [0, 0.05) is 6.42 Å². The van der Waals surface area contributed by atoms with Crippen molar-refractivity contribution < 1.29 is 4.79 Å². The number of rotatable bonds is 17. The maximum atomic E-state index is 10.0. The molecule has 0 aliphatic carbocycles. The van der Waals surface area contributed by atoms with Crippen LogP contribution < -0.4 is 0 Å². The second-order valence-electron chi connectivity index (χ2n) is 6.20. The molecule has 0 N–H and O–H groups in total. The van der Waals surface area contributed by atoms with Gasteiger partial charge in [-0.2, -0.15) is 0 Å². The van der Waals surface area contributed by atoms with E-state index in [-0.39, 0.29) is 0 Å². The highest BCUT2D eigenvalue weighted by Gasteiger charge is 1.94. The fourth-order valence-corrected chi connectivity index (χ4v) is 2.75. The molecule has 0 saturated carbocycles. The number of unbranched alkanes of at least 4 members (excludes halogenated alkanes) is 16. The normalized spacial score (nSPS) is 10.8. The standard InChI is InChI=1S/C19H37O/c1-2-3-4-5-6-7-8-9-10-11-12-13-14-15-16-17-18-19-20/h2-18H2,1H3. The molecule has 0 heterocycles. The molecule has 0 rings (SSSR count). The van der Waals surface area contributed by atoms with Crippen molar-refractivity contribution in [2.24, 2.45) is 0 Å². The zero-order chi connectivity index (χ0) is 14.7. The molecule has 0 bridgehead atoms. The first kappa shape index (κ1) is 19.7. The Balaban J connectivity index is 2.90. The Hall–Kier alpha value is -0.330. The molecule has 1 nitrogen and oxygen atoms in total. The van der Waals surface area contributed by atoms with Crippen molar-refractivity contribution in [2.75, 3.05) is 0 Å². The van der Waals surface area contributed by atoms with Gasteiger partial charge in [0.15, 0.2) is 6.29 Å². The van der Waals surface area contributed by atoms with E-state index in [9.17, 15) is 4.79 Å². The van der Waals surface area contributed by atoms with Gasteiger partial charge >= 0.3 is 0 Å². The quantitative estimate of drug-likeness (QED) is 0.269. The van der Waals surface area contributed by atoms with Gasteiger partial charge in [0.25, 0.3) is 0 Å². The Morgan fingerprint density at radius 2 is 0.800 bits per heavy atom. The lowest BCUT2D eigenvalue weighted by Crippen LogP contribution is -1.84. The van der Waals surface area contributed by atoms with Crippen molar-refractivity contribution in [1.82, 2.24) is 0 Å². The second kappa shape index (κ2) is 18.7. The molecule has 0 aromatic heterocycles. The van der Waals surface area contributed by atoms with E-state index in [0.29, 0.717) is 6.42 Å². The maximum Gasteiger partial charge on any atom is 0.198 e. The van der Waals surface area contributed by atoms with Crippen molar-refractivity contribution >= 4 is 6.29 Å². The van der Waals surface area contributed by atoms with Crippen molar-refractivity contribution in [1.29, 1.82) is 0 Å². The predicted octanol–water partition coefficient (Wildman–Crippen LogP) is 6.75. The molecule has 0 aliphatic rings. The minimum atomic E-state index is 0.637. The smallest absolute Gasteiger partial charge is 0.198 e. The van der Waals surface area contributed by atoms with Gasteiger partial charge in [-0.05, 0) is 6.42 Å². The SMILES string of the molecule is CCCCCCCCCCCCCCCCCC[C]=O. The van der Waals surface area contributed by atoms with Crippen LogP contribution in [0.2, 0.25) is 0 Å². The lowest BCUT2D eigenvalue weighted by atomic mass is 10.0. The van der Waals surface area contributed by atoms with Crippen LogP contribution in [-0.4, -0.2) is 6.29 Å². The summed E-state index contributed by atoms with van der Waals surface area (Å²) in [6, 6.07) is 0. The third kappa shape index (κ3) is 17.7. The topological polar surface area (TPSA) is 17.1 Å². The predicted molar refractivity (Wildman–Crippen MR) is 89.9 cm³/mol. The molecule has 1 heteroatoms. The Morgan fingerprint density at radius 3 is 1.10 bits per heavy atom. The Kier molecular flexibility index (Phi) is 18.4.